The number of fused-ring (bicyclic) bond motifs is 5. The second-order valence-corrected chi connectivity index (χ2v) is 11.5. The van der Waals surface area contributed by atoms with Crippen LogP contribution in [0.2, 0.25) is 0 Å². The van der Waals surface area contributed by atoms with Crippen molar-refractivity contribution in [3.63, 3.8) is 0 Å². The van der Waals surface area contributed by atoms with Gasteiger partial charge < -0.3 is 9.64 Å². The van der Waals surface area contributed by atoms with Gasteiger partial charge in [-0.05, 0) is 31.2 Å². The number of carbonyl (C=O) groups is 3. The summed E-state index contributed by atoms with van der Waals surface area (Å²) in [5, 5.41) is 0. The summed E-state index contributed by atoms with van der Waals surface area (Å²) in [4.78, 5) is 45.6. The summed E-state index contributed by atoms with van der Waals surface area (Å²) in [5.41, 5.74) is 0.194. The molecule has 2 heterocycles. The Morgan fingerprint density at radius 2 is 1.62 bits per heavy atom. The van der Waals surface area contributed by atoms with Gasteiger partial charge in [0.25, 0.3) is 0 Å². The zero-order valence-electron chi connectivity index (χ0n) is 22.4. The molecule has 198 valence electrons. The van der Waals surface area contributed by atoms with E-state index in [9.17, 15) is 18.8 Å². The SMILES string of the molecule is CCOc1ccccc1[C@H]1[C@H](C(=O)C(C)(C)C)N2c3ccc(F)cc3C=C[C@@H]2C12C(=O)c1ccccc1C2=O. The fourth-order valence-electron chi connectivity index (χ4n) is 6.76. The minimum atomic E-state index is -1.61. The number of hydrogen-bond acceptors (Lipinski definition) is 5. The van der Waals surface area contributed by atoms with Gasteiger partial charge in [0.1, 0.15) is 17.0 Å². The Labute approximate surface area is 227 Å². The Kier molecular flexibility index (Phi) is 5.65. The molecule has 0 bridgehead atoms. The number of halogens is 1. The van der Waals surface area contributed by atoms with Crippen LogP contribution in [0.1, 0.15) is 65.5 Å². The Hall–Kier alpha value is -4.06. The fourth-order valence-corrected chi connectivity index (χ4v) is 6.76. The van der Waals surface area contributed by atoms with E-state index in [-0.39, 0.29) is 17.3 Å². The summed E-state index contributed by atoms with van der Waals surface area (Å²) in [6.07, 6.45) is 3.57. The minimum absolute atomic E-state index is 0.109. The molecule has 6 heteroatoms. The third-order valence-electron chi connectivity index (χ3n) is 8.33. The molecule has 1 spiro atoms. The van der Waals surface area contributed by atoms with Crippen molar-refractivity contribution in [1.82, 2.24) is 0 Å². The number of ketones is 3. The van der Waals surface area contributed by atoms with Gasteiger partial charge in [-0.3, -0.25) is 14.4 Å². The Bertz CT molecular complexity index is 1530. The van der Waals surface area contributed by atoms with Crippen molar-refractivity contribution in [1.29, 1.82) is 0 Å². The Morgan fingerprint density at radius 3 is 2.26 bits per heavy atom. The molecular formula is C33H30FNO4. The predicted molar refractivity (Wildman–Crippen MR) is 148 cm³/mol. The van der Waals surface area contributed by atoms with Crippen molar-refractivity contribution in [2.45, 2.75) is 45.7 Å². The monoisotopic (exact) mass is 523 g/mol. The van der Waals surface area contributed by atoms with Crippen LogP contribution in [0, 0.1) is 16.6 Å². The highest BCUT2D eigenvalue weighted by Crippen LogP contribution is 2.62. The summed E-state index contributed by atoms with van der Waals surface area (Å²) < 4.78 is 20.3. The van der Waals surface area contributed by atoms with E-state index in [4.69, 9.17) is 4.74 Å². The normalized spacial score (nSPS) is 22.6. The molecule has 1 saturated heterocycles. The molecule has 1 aliphatic carbocycles. The van der Waals surface area contributed by atoms with E-state index < -0.39 is 34.6 Å². The van der Waals surface area contributed by atoms with E-state index >= 15 is 0 Å². The second kappa shape index (κ2) is 8.73. The third kappa shape index (κ3) is 3.40. The lowest BCUT2D eigenvalue weighted by Crippen LogP contribution is -2.49. The third-order valence-corrected chi connectivity index (χ3v) is 8.33. The van der Waals surface area contributed by atoms with Gasteiger partial charge >= 0.3 is 0 Å². The molecular weight excluding hydrogens is 493 g/mol. The molecule has 0 aromatic heterocycles. The number of ether oxygens (including phenoxy) is 1. The quantitative estimate of drug-likeness (QED) is 0.377. The fraction of sp³-hybridized carbons (Fsp3) is 0.303. The molecule has 3 aromatic carbocycles. The number of carbonyl (C=O) groups excluding carboxylic acids is 3. The standard InChI is InChI=1S/C33H30FNO4/c1-5-39-25-13-9-8-12-23(25)27-28(31(38)32(2,3)4)35-24-16-15-20(34)18-19(24)14-17-26(35)33(27)29(36)21-10-6-7-11-22(21)30(33)37/h6-18,26-28H,5H2,1-4H3/t26-,27+,28-/m1/s1. The summed E-state index contributed by atoms with van der Waals surface area (Å²) in [7, 11) is 0. The maximum atomic E-state index is 14.6. The van der Waals surface area contributed by atoms with Crippen molar-refractivity contribution in [2.75, 3.05) is 11.5 Å². The van der Waals surface area contributed by atoms with Crippen molar-refractivity contribution < 1.29 is 23.5 Å². The molecule has 3 atom stereocenters. The number of nitrogens with zero attached hydrogens (tertiary/aromatic N) is 1. The van der Waals surface area contributed by atoms with Crippen molar-refractivity contribution in [3.8, 4) is 5.75 Å². The van der Waals surface area contributed by atoms with E-state index in [2.05, 4.69) is 0 Å². The maximum Gasteiger partial charge on any atom is 0.180 e. The maximum absolute atomic E-state index is 14.6. The zero-order valence-corrected chi connectivity index (χ0v) is 22.4. The average Bonchev–Trinajstić information content (AvgIpc) is 3.34. The highest BCUT2D eigenvalue weighted by Gasteiger charge is 2.72. The van der Waals surface area contributed by atoms with Crippen LogP contribution in [0.15, 0.2) is 72.8 Å². The molecule has 1 fully saturated rings. The van der Waals surface area contributed by atoms with Gasteiger partial charge in [-0.25, -0.2) is 4.39 Å². The first-order valence-corrected chi connectivity index (χ1v) is 13.3. The second-order valence-electron chi connectivity index (χ2n) is 11.5. The number of hydrogen-bond donors (Lipinski definition) is 0. The van der Waals surface area contributed by atoms with Crippen LogP contribution in [0.25, 0.3) is 6.08 Å². The smallest absolute Gasteiger partial charge is 0.180 e. The van der Waals surface area contributed by atoms with Gasteiger partial charge in [0.2, 0.25) is 0 Å². The van der Waals surface area contributed by atoms with Crippen LogP contribution in [0.4, 0.5) is 10.1 Å². The first kappa shape index (κ1) is 25.2. The van der Waals surface area contributed by atoms with Crippen molar-refractivity contribution >= 4 is 29.1 Å². The molecule has 2 aliphatic heterocycles. The van der Waals surface area contributed by atoms with Gasteiger partial charge in [-0.2, -0.15) is 0 Å². The van der Waals surface area contributed by atoms with Gasteiger partial charge in [0, 0.05) is 39.3 Å². The largest absolute Gasteiger partial charge is 0.494 e. The number of para-hydroxylation sites is 1. The molecule has 0 N–H and O–H groups in total. The zero-order chi connectivity index (χ0) is 27.7. The van der Waals surface area contributed by atoms with E-state index in [1.165, 1.54) is 12.1 Å². The molecule has 0 saturated carbocycles. The van der Waals surface area contributed by atoms with Crippen LogP contribution in [0.3, 0.4) is 0 Å². The summed E-state index contributed by atoms with van der Waals surface area (Å²) in [5.74, 6) is -1.41. The Morgan fingerprint density at radius 1 is 0.974 bits per heavy atom. The molecule has 6 rings (SSSR count). The molecule has 0 unspecified atom stereocenters. The van der Waals surface area contributed by atoms with Gasteiger partial charge in [0.15, 0.2) is 17.3 Å². The van der Waals surface area contributed by atoms with Crippen LogP contribution in [-0.4, -0.2) is 36.0 Å². The summed E-state index contributed by atoms with van der Waals surface area (Å²) >= 11 is 0. The van der Waals surface area contributed by atoms with Crippen LogP contribution in [0.5, 0.6) is 5.75 Å². The first-order chi connectivity index (χ1) is 18.6. The lowest BCUT2D eigenvalue weighted by atomic mass is 9.63. The molecule has 3 aliphatic rings. The van der Waals surface area contributed by atoms with E-state index in [1.54, 1.807) is 42.5 Å². The van der Waals surface area contributed by atoms with E-state index in [0.717, 1.165) is 0 Å². The molecule has 5 nitrogen and oxygen atoms in total. The minimum Gasteiger partial charge on any atom is -0.494 e. The van der Waals surface area contributed by atoms with Crippen LogP contribution >= 0.6 is 0 Å². The van der Waals surface area contributed by atoms with Crippen molar-refractivity contribution in [3.05, 3.63) is 101 Å². The lowest BCUT2D eigenvalue weighted by molar-refractivity contribution is -0.127. The average molecular weight is 524 g/mol. The van der Waals surface area contributed by atoms with Gasteiger partial charge in [-0.15, -0.1) is 0 Å². The molecule has 0 amide bonds. The Balaban J connectivity index is 1.72. The number of benzene rings is 3. The number of anilines is 1. The molecule has 39 heavy (non-hydrogen) atoms. The first-order valence-electron chi connectivity index (χ1n) is 13.3. The lowest BCUT2D eigenvalue weighted by Gasteiger charge is -2.38. The topological polar surface area (TPSA) is 63.7 Å². The predicted octanol–water partition coefficient (Wildman–Crippen LogP) is 6.27. The van der Waals surface area contributed by atoms with E-state index in [1.807, 2.05) is 56.9 Å². The van der Waals surface area contributed by atoms with Crippen LogP contribution < -0.4 is 9.64 Å². The van der Waals surface area contributed by atoms with Crippen molar-refractivity contribution in [2.24, 2.45) is 10.8 Å². The van der Waals surface area contributed by atoms with Crippen LogP contribution in [-0.2, 0) is 4.79 Å². The number of rotatable bonds is 4. The summed E-state index contributed by atoms with van der Waals surface area (Å²) in [6.45, 7) is 7.79. The van der Waals surface area contributed by atoms with E-state index in [0.29, 0.717) is 40.3 Å². The number of Topliss-reactive ketones (excluding diaryl/α,β-unsaturated/α-hetero) is 3. The molecule has 3 aromatic rings. The highest BCUT2D eigenvalue weighted by atomic mass is 19.1. The molecule has 0 radical (unpaired) electrons. The summed E-state index contributed by atoms with van der Waals surface area (Å²) in [6, 6.07) is 17.0. The van der Waals surface area contributed by atoms with Gasteiger partial charge in [0.05, 0.1) is 18.7 Å². The highest BCUT2D eigenvalue weighted by molar-refractivity contribution is 6.32. The van der Waals surface area contributed by atoms with Gasteiger partial charge in [-0.1, -0.05) is 75.4 Å².